The van der Waals surface area contributed by atoms with E-state index in [-0.39, 0.29) is 40.4 Å². The Kier molecular flexibility index (Phi) is 11.2. The van der Waals surface area contributed by atoms with Gasteiger partial charge < -0.3 is 30.2 Å². The second kappa shape index (κ2) is 16.0. The van der Waals surface area contributed by atoms with Crippen LogP contribution in [0.15, 0.2) is 42.6 Å². The highest BCUT2D eigenvalue weighted by Gasteiger charge is 2.32. The first-order valence-electron chi connectivity index (χ1n) is 18.2. The molecule has 2 aromatic carbocycles. The molecule has 3 aliphatic heterocycles. The summed E-state index contributed by atoms with van der Waals surface area (Å²) in [4.78, 5) is 50.6. The van der Waals surface area contributed by atoms with Crippen molar-refractivity contribution in [3.05, 3.63) is 81.2 Å². The molecular weight excluding hydrogens is 734 g/mol. The first kappa shape index (κ1) is 37.7. The van der Waals surface area contributed by atoms with E-state index in [1.165, 1.54) is 13.2 Å². The molecule has 54 heavy (non-hydrogen) atoms. The Labute approximate surface area is 323 Å². The van der Waals surface area contributed by atoms with Gasteiger partial charge in [-0.25, -0.2) is 9.37 Å². The largest absolute Gasteiger partial charge is 0.496 e. The van der Waals surface area contributed by atoms with Crippen LogP contribution in [-0.4, -0.2) is 87.4 Å². The number of benzene rings is 2. The highest BCUT2D eigenvalue weighted by Crippen LogP contribution is 2.42. The minimum absolute atomic E-state index is 0.0108. The quantitative estimate of drug-likeness (QED) is 0.190. The summed E-state index contributed by atoms with van der Waals surface area (Å²) in [6.45, 7) is 5.37. The van der Waals surface area contributed by atoms with Gasteiger partial charge in [0.2, 0.25) is 11.8 Å². The monoisotopic (exact) mass is 776 g/mol. The fourth-order valence-corrected chi connectivity index (χ4v) is 8.38. The van der Waals surface area contributed by atoms with E-state index in [4.69, 9.17) is 32.9 Å². The normalized spacial score (nSPS) is 17.7. The number of methoxy groups -OCH3 is 1. The molecule has 12 nitrogen and oxygen atoms in total. The van der Waals surface area contributed by atoms with E-state index in [2.05, 4.69) is 25.8 Å². The van der Waals surface area contributed by atoms with Crippen LogP contribution in [0.1, 0.15) is 60.2 Å². The molecule has 0 aliphatic carbocycles. The minimum atomic E-state index is -0.489. The van der Waals surface area contributed by atoms with E-state index in [1.54, 1.807) is 43.5 Å². The summed E-state index contributed by atoms with van der Waals surface area (Å²) in [6, 6.07) is 10.4. The molecule has 0 saturated carbocycles. The van der Waals surface area contributed by atoms with Gasteiger partial charge in [0.25, 0.3) is 5.91 Å². The smallest absolute Gasteiger partial charge is 0.291 e. The van der Waals surface area contributed by atoms with Crippen LogP contribution in [0.5, 0.6) is 5.75 Å². The second-order valence-electron chi connectivity index (χ2n) is 14.1. The fraction of sp³-hybridized carbons (Fsp3) is 0.410. The molecular formula is C39H43Cl2FN8O4. The molecule has 1 atom stereocenters. The predicted octanol–water partition coefficient (Wildman–Crippen LogP) is 5.59. The molecule has 284 valence electrons. The van der Waals surface area contributed by atoms with Crippen molar-refractivity contribution in [2.24, 2.45) is 7.05 Å². The number of carbonyl (C=O) groups excluding carboxylic acids is 3. The molecule has 3 amide bonds. The molecule has 5 heterocycles. The summed E-state index contributed by atoms with van der Waals surface area (Å²) in [5, 5.41) is 9.58. The molecule has 3 N–H and O–H groups in total. The molecule has 4 aromatic rings. The van der Waals surface area contributed by atoms with Crippen LogP contribution in [0.2, 0.25) is 10.0 Å². The lowest BCUT2D eigenvalue weighted by molar-refractivity contribution is -0.130. The molecule has 2 aromatic heterocycles. The van der Waals surface area contributed by atoms with E-state index in [9.17, 15) is 14.4 Å². The number of anilines is 1. The summed E-state index contributed by atoms with van der Waals surface area (Å²) in [5.74, 6) is -0.117. The number of fused-ring (bicyclic) bond motifs is 1. The second-order valence-corrected chi connectivity index (χ2v) is 14.8. The van der Waals surface area contributed by atoms with Gasteiger partial charge >= 0.3 is 0 Å². The molecule has 7 rings (SSSR count). The number of hydrogen-bond acceptors (Lipinski definition) is 8. The molecule has 3 aliphatic rings. The van der Waals surface area contributed by atoms with Gasteiger partial charge in [0, 0.05) is 112 Å². The number of nitrogens with zero attached hydrogens (tertiary/aromatic N) is 5. The highest BCUT2D eigenvalue weighted by atomic mass is 35.5. The predicted molar refractivity (Wildman–Crippen MR) is 205 cm³/mol. The Morgan fingerprint density at radius 1 is 1.06 bits per heavy atom. The summed E-state index contributed by atoms with van der Waals surface area (Å²) in [6.07, 6.45) is 5.42. The molecule has 2 saturated heterocycles. The summed E-state index contributed by atoms with van der Waals surface area (Å²) in [7, 11) is 3.33. The van der Waals surface area contributed by atoms with Crippen molar-refractivity contribution < 1.29 is 23.5 Å². The first-order valence-corrected chi connectivity index (χ1v) is 18.9. The number of amides is 3. The van der Waals surface area contributed by atoms with E-state index in [1.807, 2.05) is 16.5 Å². The van der Waals surface area contributed by atoms with Gasteiger partial charge in [-0.15, -0.1) is 0 Å². The van der Waals surface area contributed by atoms with Crippen molar-refractivity contribution in [2.75, 3.05) is 38.6 Å². The number of ether oxygens (including phenoxy) is 1. The van der Waals surface area contributed by atoms with Crippen molar-refractivity contribution >= 4 is 46.6 Å². The topological polar surface area (TPSA) is 134 Å². The van der Waals surface area contributed by atoms with Crippen LogP contribution in [-0.2, 0) is 36.1 Å². The average molecular weight is 778 g/mol. The maximum atomic E-state index is 15.6. The zero-order valence-corrected chi connectivity index (χ0v) is 32.0. The highest BCUT2D eigenvalue weighted by molar-refractivity contribution is 6.39. The third kappa shape index (κ3) is 7.68. The molecule has 0 spiro atoms. The SMILES string of the molecule is COc1cc(-c2nccc(-c3cccc(NC(=O)c4nc5c(n4C)CCN(C4CCN(C(C)=O)CC4)C5)c3Cl)c2Cl)cc(F)c1CNC[C@@H]1CCC(=O)N1. The van der Waals surface area contributed by atoms with Crippen LogP contribution >= 0.6 is 23.2 Å². The Morgan fingerprint density at radius 3 is 2.56 bits per heavy atom. The summed E-state index contributed by atoms with van der Waals surface area (Å²) < 4.78 is 23.0. The Hall–Kier alpha value is -4.56. The lowest BCUT2D eigenvalue weighted by Gasteiger charge is -2.39. The van der Waals surface area contributed by atoms with Crippen molar-refractivity contribution in [1.29, 1.82) is 0 Å². The minimum Gasteiger partial charge on any atom is -0.496 e. The van der Waals surface area contributed by atoms with Crippen LogP contribution in [0.4, 0.5) is 10.1 Å². The van der Waals surface area contributed by atoms with Crippen LogP contribution in [0.3, 0.4) is 0 Å². The number of nitrogens with one attached hydrogen (secondary N) is 3. The van der Waals surface area contributed by atoms with E-state index >= 15 is 4.39 Å². The number of likely N-dealkylation sites (tertiary alicyclic amines) is 1. The van der Waals surface area contributed by atoms with Gasteiger partial charge in [-0.05, 0) is 43.5 Å². The van der Waals surface area contributed by atoms with Crippen molar-refractivity contribution in [3.8, 4) is 28.1 Å². The van der Waals surface area contributed by atoms with Crippen LogP contribution < -0.4 is 20.7 Å². The number of pyridine rings is 1. The van der Waals surface area contributed by atoms with Crippen molar-refractivity contribution in [1.82, 2.24) is 35.0 Å². The molecule has 0 unspecified atom stereocenters. The number of hydrogen-bond donors (Lipinski definition) is 3. The molecule has 2 fully saturated rings. The number of imidazole rings is 1. The Morgan fingerprint density at radius 2 is 1.83 bits per heavy atom. The van der Waals surface area contributed by atoms with E-state index < -0.39 is 5.82 Å². The summed E-state index contributed by atoms with van der Waals surface area (Å²) in [5.41, 5.74) is 4.51. The number of piperidine rings is 1. The summed E-state index contributed by atoms with van der Waals surface area (Å²) >= 11 is 13.9. The first-order chi connectivity index (χ1) is 26.0. The lowest BCUT2D eigenvalue weighted by atomic mass is 10.00. The Bertz CT molecular complexity index is 2100. The fourth-order valence-electron chi connectivity index (χ4n) is 7.78. The maximum Gasteiger partial charge on any atom is 0.291 e. The van der Waals surface area contributed by atoms with Gasteiger partial charge in [-0.1, -0.05) is 35.3 Å². The van der Waals surface area contributed by atoms with Crippen LogP contribution in [0, 0.1) is 5.82 Å². The Balaban J connectivity index is 1.07. The number of carbonyl (C=O) groups is 3. The molecule has 15 heteroatoms. The number of aromatic nitrogens is 3. The van der Waals surface area contributed by atoms with Crippen molar-refractivity contribution in [2.45, 2.75) is 64.2 Å². The van der Waals surface area contributed by atoms with Crippen LogP contribution in [0.25, 0.3) is 22.4 Å². The molecule has 0 radical (unpaired) electrons. The third-order valence-electron chi connectivity index (χ3n) is 10.8. The van der Waals surface area contributed by atoms with Gasteiger partial charge in [0.05, 0.1) is 34.2 Å². The van der Waals surface area contributed by atoms with Gasteiger partial charge in [0.1, 0.15) is 11.6 Å². The average Bonchev–Trinajstić information content (AvgIpc) is 3.74. The van der Waals surface area contributed by atoms with Gasteiger partial charge in [-0.3, -0.25) is 24.3 Å². The standard InChI is InChI=1S/C39H43Cl2FN8O4/c1-22(51)49-14-10-25(11-15-49)50-16-12-32-31(21-50)46-38(48(32)2)39(53)47-30-6-4-5-26(35(30)40)27-9-13-44-37(36(27)41)23-17-29(42)28(33(18-23)54-3)20-43-19-24-7-8-34(52)45-24/h4-6,9,13,17-18,24-25,43H,7-8,10-12,14-16,19-21H2,1-3H3,(H,45,52)(H,47,53)/t24-/m0/s1. The van der Waals surface area contributed by atoms with Crippen molar-refractivity contribution in [3.63, 3.8) is 0 Å². The number of halogens is 3. The lowest BCUT2D eigenvalue weighted by Crippen LogP contribution is -2.47. The molecule has 0 bridgehead atoms. The van der Waals surface area contributed by atoms with Gasteiger partial charge in [-0.2, -0.15) is 0 Å². The zero-order valence-electron chi connectivity index (χ0n) is 30.5. The third-order valence-corrected chi connectivity index (χ3v) is 11.6. The van der Waals surface area contributed by atoms with E-state index in [0.29, 0.717) is 70.8 Å². The van der Waals surface area contributed by atoms with E-state index in [0.717, 1.165) is 56.7 Å². The van der Waals surface area contributed by atoms with Gasteiger partial charge in [0.15, 0.2) is 5.82 Å². The number of rotatable bonds is 10. The zero-order chi connectivity index (χ0) is 38.1. The maximum absolute atomic E-state index is 15.6.